The Kier molecular flexibility index (Phi) is 10.0. The molecule has 1 unspecified atom stereocenters. The fraction of sp³-hybridized carbons (Fsp3) is 0.933. The molecule has 2 N–H and O–H groups in total. The van der Waals surface area contributed by atoms with E-state index in [0.29, 0.717) is 38.7 Å². The molecule has 0 aliphatic carbocycles. The second kappa shape index (κ2) is 11.5. The molecule has 1 saturated heterocycles. The number of ether oxygens (including phenoxy) is 2. The molecule has 1 rings (SSSR count). The molecule has 0 bridgehead atoms. The fourth-order valence-electron chi connectivity index (χ4n) is 2.33. The molecule has 24 heavy (non-hydrogen) atoms. The van der Waals surface area contributed by atoms with Gasteiger partial charge in [0.05, 0.1) is 19.3 Å². The molecule has 0 aromatic carbocycles. The Hall–Kier alpha value is -1.06. The van der Waals surface area contributed by atoms with Crippen molar-refractivity contribution >= 4 is 5.96 Å². The van der Waals surface area contributed by atoms with Crippen LogP contribution in [0, 0.1) is 0 Å². The lowest BCUT2D eigenvalue weighted by molar-refractivity contribution is -0.143. The van der Waals surface area contributed by atoms with Gasteiger partial charge in [-0.2, -0.15) is 13.2 Å². The van der Waals surface area contributed by atoms with Gasteiger partial charge in [0, 0.05) is 33.4 Å². The third-order valence-corrected chi connectivity index (χ3v) is 3.54. The first-order valence-corrected chi connectivity index (χ1v) is 8.30. The van der Waals surface area contributed by atoms with Crippen molar-refractivity contribution in [3.05, 3.63) is 0 Å². The van der Waals surface area contributed by atoms with Gasteiger partial charge in [-0.25, -0.2) is 0 Å². The zero-order valence-corrected chi connectivity index (χ0v) is 14.5. The lowest BCUT2D eigenvalue weighted by Gasteiger charge is -2.19. The van der Waals surface area contributed by atoms with E-state index in [1.807, 2.05) is 0 Å². The van der Waals surface area contributed by atoms with Crippen LogP contribution in [0.4, 0.5) is 13.2 Å². The highest BCUT2D eigenvalue weighted by Crippen LogP contribution is 2.15. The van der Waals surface area contributed by atoms with Crippen LogP contribution in [0.15, 0.2) is 4.99 Å². The van der Waals surface area contributed by atoms with Gasteiger partial charge in [0.2, 0.25) is 0 Å². The van der Waals surface area contributed by atoms with Crippen LogP contribution >= 0.6 is 0 Å². The van der Waals surface area contributed by atoms with Crippen LogP contribution in [0.25, 0.3) is 0 Å². The summed E-state index contributed by atoms with van der Waals surface area (Å²) in [5, 5.41) is 6.25. The zero-order valence-electron chi connectivity index (χ0n) is 14.5. The predicted octanol–water partition coefficient (Wildman–Crippen LogP) is 1.23. The average molecular weight is 354 g/mol. The second-order valence-electron chi connectivity index (χ2n) is 5.84. The smallest absolute Gasteiger partial charge is 0.379 e. The van der Waals surface area contributed by atoms with E-state index >= 15 is 0 Å². The maximum atomic E-state index is 12.2. The summed E-state index contributed by atoms with van der Waals surface area (Å²) in [7, 11) is 3.13. The summed E-state index contributed by atoms with van der Waals surface area (Å²) < 4.78 is 47.5. The van der Waals surface area contributed by atoms with Gasteiger partial charge in [0.25, 0.3) is 0 Å². The molecule has 0 aromatic rings. The first-order valence-electron chi connectivity index (χ1n) is 8.30. The molecule has 1 fully saturated rings. The minimum absolute atomic E-state index is 0.219. The fourth-order valence-corrected chi connectivity index (χ4v) is 2.33. The molecule has 0 amide bonds. The minimum Gasteiger partial charge on any atom is -0.379 e. The summed E-state index contributed by atoms with van der Waals surface area (Å²) in [6.45, 7) is 2.91. The van der Waals surface area contributed by atoms with Crippen LogP contribution in [0.2, 0.25) is 0 Å². The predicted molar refractivity (Wildman–Crippen MR) is 87.3 cm³/mol. The Balaban J connectivity index is 1.99. The normalized spacial score (nSPS) is 19.1. The Bertz CT molecular complexity index is 361. The van der Waals surface area contributed by atoms with Crippen molar-refractivity contribution in [1.82, 2.24) is 15.5 Å². The lowest BCUT2D eigenvalue weighted by Crippen LogP contribution is -2.39. The van der Waals surface area contributed by atoms with Gasteiger partial charge < -0.3 is 20.1 Å². The maximum Gasteiger partial charge on any atom is 0.401 e. The van der Waals surface area contributed by atoms with Crippen molar-refractivity contribution in [3.63, 3.8) is 0 Å². The Morgan fingerprint density at radius 1 is 1.29 bits per heavy atom. The summed E-state index contributed by atoms with van der Waals surface area (Å²) >= 11 is 0. The summed E-state index contributed by atoms with van der Waals surface area (Å²) in [6.07, 6.45) is -1.51. The molecule has 6 nitrogen and oxygen atoms in total. The molecule has 1 heterocycles. The van der Waals surface area contributed by atoms with Gasteiger partial charge in [0.1, 0.15) is 0 Å². The minimum atomic E-state index is -4.15. The van der Waals surface area contributed by atoms with Crippen molar-refractivity contribution in [2.45, 2.75) is 31.5 Å². The topological polar surface area (TPSA) is 58.1 Å². The van der Waals surface area contributed by atoms with Crippen molar-refractivity contribution in [3.8, 4) is 0 Å². The van der Waals surface area contributed by atoms with E-state index < -0.39 is 12.7 Å². The van der Waals surface area contributed by atoms with Crippen molar-refractivity contribution in [1.29, 1.82) is 0 Å². The SMILES string of the molecule is CN=C(NCCCOC1CCOC1)NCCCN(C)CC(F)(F)F. The van der Waals surface area contributed by atoms with Crippen LogP contribution in [-0.2, 0) is 9.47 Å². The molecule has 1 aliphatic rings. The van der Waals surface area contributed by atoms with Crippen LogP contribution in [0.3, 0.4) is 0 Å². The van der Waals surface area contributed by atoms with E-state index in [2.05, 4.69) is 15.6 Å². The first-order chi connectivity index (χ1) is 11.4. The van der Waals surface area contributed by atoms with E-state index in [-0.39, 0.29) is 6.10 Å². The van der Waals surface area contributed by atoms with E-state index in [1.54, 1.807) is 7.05 Å². The highest BCUT2D eigenvalue weighted by atomic mass is 19.4. The number of halogens is 3. The highest BCUT2D eigenvalue weighted by molar-refractivity contribution is 5.79. The van der Waals surface area contributed by atoms with Crippen LogP contribution < -0.4 is 10.6 Å². The number of hydrogen-bond donors (Lipinski definition) is 2. The Morgan fingerprint density at radius 2 is 2.00 bits per heavy atom. The number of guanidine groups is 1. The maximum absolute atomic E-state index is 12.2. The van der Waals surface area contributed by atoms with Gasteiger partial charge in [-0.1, -0.05) is 0 Å². The average Bonchev–Trinajstić information content (AvgIpc) is 3.00. The van der Waals surface area contributed by atoms with Gasteiger partial charge in [-0.05, 0) is 32.9 Å². The summed E-state index contributed by atoms with van der Waals surface area (Å²) in [6, 6.07) is 0. The van der Waals surface area contributed by atoms with Crippen LogP contribution in [-0.4, -0.2) is 83.2 Å². The van der Waals surface area contributed by atoms with Gasteiger partial charge in [-0.3, -0.25) is 9.89 Å². The van der Waals surface area contributed by atoms with Crippen LogP contribution in [0.5, 0.6) is 0 Å². The third kappa shape index (κ3) is 10.7. The number of nitrogens with zero attached hydrogens (tertiary/aromatic N) is 2. The molecule has 142 valence electrons. The molecule has 1 atom stereocenters. The van der Waals surface area contributed by atoms with E-state index in [9.17, 15) is 13.2 Å². The van der Waals surface area contributed by atoms with Crippen molar-refractivity contribution in [2.24, 2.45) is 4.99 Å². The number of hydrogen-bond acceptors (Lipinski definition) is 4. The van der Waals surface area contributed by atoms with E-state index in [1.165, 1.54) is 11.9 Å². The Labute approximate surface area is 141 Å². The molecular weight excluding hydrogens is 325 g/mol. The summed E-state index contributed by atoms with van der Waals surface area (Å²) in [5.41, 5.74) is 0. The van der Waals surface area contributed by atoms with Crippen molar-refractivity contribution < 1.29 is 22.6 Å². The molecule has 1 aliphatic heterocycles. The number of alkyl halides is 3. The quantitative estimate of drug-likeness (QED) is 0.351. The summed E-state index contributed by atoms with van der Waals surface area (Å²) in [5.74, 6) is 0.651. The van der Waals surface area contributed by atoms with Crippen LogP contribution in [0.1, 0.15) is 19.3 Å². The molecule has 0 saturated carbocycles. The monoisotopic (exact) mass is 354 g/mol. The number of aliphatic imine (C=N–C) groups is 1. The number of rotatable bonds is 10. The third-order valence-electron chi connectivity index (χ3n) is 3.54. The molecule has 9 heteroatoms. The van der Waals surface area contributed by atoms with Gasteiger partial charge >= 0.3 is 6.18 Å². The molecule has 0 spiro atoms. The number of nitrogens with one attached hydrogen (secondary N) is 2. The summed E-state index contributed by atoms with van der Waals surface area (Å²) in [4.78, 5) is 5.35. The second-order valence-corrected chi connectivity index (χ2v) is 5.84. The standard InChI is InChI=1S/C15H29F3N4O2/c1-19-14(20-6-3-8-22(2)12-15(16,17)18)21-7-4-9-24-13-5-10-23-11-13/h13H,3-12H2,1-2H3,(H2,19,20,21). The molecule has 0 aromatic heterocycles. The Morgan fingerprint density at radius 3 is 2.58 bits per heavy atom. The molecule has 0 radical (unpaired) electrons. The lowest BCUT2D eigenvalue weighted by atomic mass is 10.3. The first kappa shape index (κ1) is 21.0. The van der Waals surface area contributed by atoms with Gasteiger partial charge in [-0.15, -0.1) is 0 Å². The van der Waals surface area contributed by atoms with E-state index in [0.717, 1.165) is 26.0 Å². The largest absolute Gasteiger partial charge is 0.401 e. The van der Waals surface area contributed by atoms with E-state index in [4.69, 9.17) is 9.47 Å². The molecular formula is C15H29F3N4O2. The van der Waals surface area contributed by atoms with Crippen molar-refractivity contribution in [2.75, 3.05) is 60.1 Å². The zero-order chi connectivity index (χ0) is 17.8. The highest BCUT2D eigenvalue weighted by Gasteiger charge is 2.28. The van der Waals surface area contributed by atoms with Gasteiger partial charge in [0.15, 0.2) is 5.96 Å².